The largest absolute Gasteiger partial charge is 0.507 e. The maximum absolute atomic E-state index is 13.6. The first-order valence-corrected chi connectivity index (χ1v) is 13.6. The fraction of sp³-hybridized carbons (Fsp3) is 0.200. The van der Waals surface area contributed by atoms with Crippen molar-refractivity contribution >= 4 is 50.1 Å². The van der Waals surface area contributed by atoms with Crippen molar-refractivity contribution in [3.8, 4) is 17.2 Å². The number of nitrogens with zero attached hydrogens (tertiary/aromatic N) is 2. The first-order valence-electron chi connectivity index (χ1n) is 12.8. The van der Waals surface area contributed by atoms with Gasteiger partial charge in [0.15, 0.2) is 16.6 Å². The van der Waals surface area contributed by atoms with Gasteiger partial charge in [0.25, 0.3) is 5.78 Å². The summed E-state index contributed by atoms with van der Waals surface area (Å²) >= 11 is 1.23. The number of fused-ring (bicyclic) bond motifs is 2. The molecule has 41 heavy (non-hydrogen) atoms. The highest BCUT2D eigenvalue weighted by Crippen LogP contribution is 2.45. The van der Waals surface area contributed by atoms with Crippen LogP contribution in [0.25, 0.3) is 16.0 Å². The van der Waals surface area contributed by atoms with Gasteiger partial charge in [-0.1, -0.05) is 23.5 Å². The fourth-order valence-electron chi connectivity index (χ4n) is 4.86. The predicted molar refractivity (Wildman–Crippen MR) is 151 cm³/mol. The zero-order valence-corrected chi connectivity index (χ0v) is 22.9. The SMILES string of the molecule is CCOc1ccc2nc(N3C(=O)C(=O)/C(=C(\O)c4ccc5c(c4)OCCO5)C3c3ccc(C(=O)OC)cc3)sc2c1. The second kappa shape index (κ2) is 10.6. The minimum atomic E-state index is -1.03. The van der Waals surface area contributed by atoms with E-state index in [0.29, 0.717) is 53.7 Å². The lowest BCUT2D eigenvalue weighted by molar-refractivity contribution is -0.132. The van der Waals surface area contributed by atoms with Gasteiger partial charge in [-0.3, -0.25) is 14.5 Å². The molecule has 6 rings (SSSR count). The van der Waals surface area contributed by atoms with Crippen LogP contribution in [-0.4, -0.2) is 54.7 Å². The number of anilines is 1. The van der Waals surface area contributed by atoms with E-state index < -0.39 is 23.7 Å². The number of ether oxygens (including phenoxy) is 4. The molecule has 0 aliphatic carbocycles. The molecule has 0 saturated carbocycles. The highest BCUT2D eigenvalue weighted by atomic mass is 32.1. The number of rotatable bonds is 6. The number of hydrogen-bond acceptors (Lipinski definition) is 10. The number of methoxy groups -OCH3 is 1. The van der Waals surface area contributed by atoms with Crippen molar-refractivity contribution in [2.45, 2.75) is 13.0 Å². The van der Waals surface area contributed by atoms with Crippen LogP contribution in [-0.2, 0) is 14.3 Å². The van der Waals surface area contributed by atoms with Crippen LogP contribution in [0.1, 0.15) is 34.5 Å². The number of amides is 1. The van der Waals surface area contributed by atoms with Crippen molar-refractivity contribution in [1.29, 1.82) is 0 Å². The number of benzene rings is 3. The minimum absolute atomic E-state index is 0.119. The molecule has 11 heteroatoms. The van der Waals surface area contributed by atoms with E-state index in [0.717, 1.165) is 4.70 Å². The number of hydrogen-bond donors (Lipinski definition) is 1. The van der Waals surface area contributed by atoms with E-state index in [1.54, 1.807) is 42.5 Å². The van der Waals surface area contributed by atoms with Gasteiger partial charge < -0.3 is 24.1 Å². The molecular formula is C30H24N2O8S. The molecule has 1 aromatic heterocycles. The quantitative estimate of drug-likeness (QED) is 0.149. The van der Waals surface area contributed by atoms with Crippen LogP contribution < -0.4 is 19.1 Å². The van der Waals surface area contributed by atoms with Gasteiger partial charge in [-0.2, -0.15) is 0 Å². The van der Waals surface area contributed by atoms with E-state index in [4.69, 9.17) is 18.9 Å². The molecule has 1 atom stereocenters. The van der Waals surface area contributed by atoms with Gasteiger partial charge in [-0.15, -0.1) is 0 Å². The smallest absolute Gasteiger partial charge is 0.337 e. The molecule has 0 radical (unpaired) electrons. The van der Waals surface area contributed by atoms with Gasteiger partial charge in [-0.05, 0) is 61.0 Å². The molecule has 4 aromatic rings. The maximum Gasteiger partial charge on any atom is 0.337 e. The summed E-state index contributed by atoms with van der Waals surface area (Å²) in [5.41, 5.74) is 1.58. The molecule has 1 unspecified atom stereocenters. The molecule has 1 saturated heterocycles. The lowest BCUT2D eigenvalue weighted by atomic mass is 9.94. The van der Waals surface area contributed by atoms with E-state index in [9.17, 15) is 19.5 Å². The summed E-state index contributed by atoms with van der Waals surface area (Å²) in [5.74, 6) is -1.01. The number of ketones is 1. The molecule has 3 heterocycles. The van der Waals surface area contributed by atoms with Crippen LogP contribution >= 0.6 is 11.3 Å². The zero-order chi connectivity index (χ0) is 28.7. The average molecular weight is 573 g/mol. The van der Waals surface area contributed by atoms with Crippen molar-refractivity contribution in [3.05, 3.63) is 82.9 Å². The number of aromatic nitrogens is 1. The number of carbonyl (C=O) groups is 3. The van der Waals surface area contributed by atoms with Gasteiger partial charge in [0.2, 0.25) is 0 Å². The Morgan fingerprint density at radius 2 is 1.76 bits per heavy atom. The van der Waals surface area contributed by atoms with E-state index in [-0.39, 0.29) is 22.0 Å². The molecule has 208 valence electrons. The van der Waals surface area contributed by atoms with Crippen LogP contribution in [0, 0.1) is 0 Å². The Morgan fingerprint density at radius 1 is 1.02 bits per heavy atom. The Morgan fingerprint density at radius 3 is 2.49 bits per heavy atom. The monoisotopic (exact) mass is 572 g/mol. The molecule has 1 fully saturated rings. The van der Waals surface area contributed by atoms with Crippen molar-refractivity contribution < 1.29 is 38.4 Å². The van der Waals surface area contributed by atoms with E-state index in [1.165, 1.54) is 35.5 Å². The number of esters is 1. The van der Waals surface area contributed by atoms with Gasteiger partial charge in [0.1, 0.15) is 24.7 Å². The summed E-state index contributed by atoms with van der Waals surface area (Å²) in [5, 5.41) is 11.8. The molecule has 1 N–H and O–H groups in total. The molecule has 2 aliphatic heterocycles. The van der Waals surface area contributed by atoms with E-state index >= 15 is 0 Å². The van der Waals surface area contributed by atoms with Crippen molar-refractivity contribution in [3.63, 3.8) is 0 Å². The van der Waals surface area contributed by atoms with Crippen molar-refractivity contribution in [2.75, 3.05) is 31.8 Å². The topological polar surface area (TPSA) is 124 Å². The van der Waals surface area contributed by atoms with Crippen LogP contribution in [0.3, 0.4) is 0 Å². The second-order valence-corrected chi connectivity index (χ2v) is 10.2. The molecule has 3 aromatic carbocycles. The van der Waals surface area contributed by atoms with Crippen LogP contribution in [0.15, 0.2) is 66.2 Å². The summed E-state index contributed by atoms with van der Waals surface area (Å²) < 4.78 is 22.4. The highest BCUT2D eigenvalue weighted by molar-refractivity contribution is 7.22. The van der Waals surface area contributed by atoms with Gasteiger partial charge >= 0.3 is 11.9 Å². The highest BCUT2D eigenvalue weighted by Gasteiger charge is 2.48. The lowest BCUT2D eigenvalue weighted by Crippen LogP contribution is -2.29. The Labute approximate surface area is 238 Å². The zero-order valence-electron chi connectivity index (χ0n) is 22.1. The van der Waals surface area contributed by atoms with Crippen LogP contribution in [0.2, 0.25) is 0 Å². The summed E-state index contributed by atoms with van der Waals surface area (Å²) in [6.45, 7) is 3.12. The second-order valence-electron chi connectivity index (χ2n) is 9.20. The van der Waals surface area contributed by atoms with E-state index in [1.807, 2.05) is 13.0 Å². The maximum atomic E-state index is 13.6. The standard InChI is InChI=1S/C30H24N2O8S/c1-3-38-19-9-10-20-23(15-19)41-30(31-20)32-25(16-4-6-17(7-5-16)29(36)37-2)24(27(34)28(32)35)26(33)18-8-11-21-22(14-18)40-13-12-39-21/h4-11,14-15,25,33H,3,12-13H2,1-2H3/b26-24-. The Hall–Kier alpha value is -4.90. The number of thiazole rings is 1. The summed E-state index contributed by atoms with van der Waals surface area (Å²) in [6, 6.07) is 15.5. The lowest BCUT2D eigenvalue weighted by Gasteiger charge is -2.23. The Kier molecular flexibility index (Phi) is 6.80. The number of carbonyl (C=O) groups excluding carboxylic acids is 3. The van der Waals surface area contributed by atoms with Gasteiger partial charge in [0, 0.05) is 5.56 Å². The number of Topliss-reactive ketones (excluding diaryl/α,β-unsaturated/α-hetero) is 1. The third-order valence-electron chi connectivity index (χ3n) is 6.77. The average Bonchev–Trinajstić information content (AvgIpc) is 3.53. The molecule has 0 spiro atoms. The van der Waals surface area contributed by atoms with Crippen LogP contribution in [0.5, 0.6) is 17.2 Å². The van der Waals surface area contributed by atoms with Crippen molar-refractivity contribution in [1.82, 2.24) is 4.98 Å². The molecule has 0 bridgehead atoms. The first kappa shape index (κ1) is 26.3. The van der Waals surface area contributed by atoms with Gasteiger partial charge in [0.05, 0.1) is 41.1 Å². The normalized spacial score (nSPS) is 17.6. The molecule has 10 nitrogen and oxygen atoms in total. The third kappa shape index (κ3) is 4.63. The Balaban J connectivity index is 1.50. The first-order chi connectivity index (χ1) is 19.9. The van der Waals surface area contributed by atoms with Crippen LogP contribution in [0.4, 0.5) is 5.13 Å². The van der Waals surface area contributed by atoms with Crippen molar-refractivity contribution in [2.24, 2.45) is 0 Å². The summed E-state index contributed by atoms with van der Waals surface area (Å²) in [6.07, 6.45) is 0. The minimum Gasteiger partial charge on any atom is -0.507 e. The van der Waals surface area contributed by atoms with Gasteiger partial charge in [-0.25, -0.2) is 9.78 Å². The predicted octanol–water partition coefficient (Wildman–Crippen LogP) is 4.88. The summed E-state index contributed by atoms with van der Waals surface area (Å²) in [7, 11) is 1.28. The molecular weight excluding hydrogens is 548 g/mol. The fourth-order valence-corrected chi connectivity index (χ4v) is 5.88. The molecule has 1 amide bonds. The number of aliphatic hydroxyl groups excluding tert-OH is 1. The Bertz CT molecular complexity index is 1730. The molecule has 2 aliphatic rings. The van der Waals surface area contributed by atoms with E-state index in [2.05, 4.69) is 4.98 Å². The summed E-state index contributed by atoms with van der Waals surface area (Å²) in [4.78, 5) is 45.1. The third-order valence-corrected chi connectivity index (χ3v) is 7.79. The number of aliphatic hydroxyl groups is 1.